The van der Waals surface area contributed by atoms with E-state index in [9.17, 15) is 4.79 Å². The fourth-order valence-electron chi connectivity index (χ4n) is 3.07. The monoisotopic (exact) mass is 283 g/mol. The lowest BCUT2D eigenvalue weighted by atomic mass is 9.94. The molecule has 5 nitrogen and oxygen atoms in total. The first kappa shape index (κ1) is 15.7. The molecule has 0 aromatic rings. The number of morpholine rings is 1. The minimum absolute atomic E-state index is 0.205. The average molecular weight is 283 g/mol. The number of nitrogens with zero attached hydrogens (tertiary/aromatic N) is 1. The fourth-order valence-corrected chi connectivity index (χ4v) is 3.07. The molecule has 5 heteroatoms. The molecule has 2 heterocycles. The molecule has 2 unspecified atom stereocenters. The highest BCUT2D eigenvalue weighted by atomic mass is 16.5. The van der Waals surface area contributed by atoms with Crippen molar-refractivity contribution < 1.29 is 9.53 Å². The first-order valence-electron chi connectivity index (χ1n) is 8.04. The summed E-state index contributed by atoms with van der Waals surface area (Å²) in [5.41, 5.74) is 0. The lowest BCUT2D eigenvalue weighted by Gasteiger charge is -2.29. The van der Waals surface area contributed by atoms with Crippen molar-refractivity contribution in [1.29, 1.82) is 0 Å². The molecule has 0 aromatic heterocycles. The van der Waals surface area contributed by atoms with Crippen molar-refractivity contribution in [2.75, 3.05) is 45.9 Å². The highest BCUT2D eigenvalue weighted by molar-refractivity contribution is 5.76. The van der Waals surface area contributed by atoms with Crippen molar-refractivity contribution in [3.8, 4) is 0 Å². The summed E-state index contributed by atoms with van der Waals surface area (Å²) in [5.74, 6) is 0.889. The average Bonchev–Trinajstić information content (AvgIpc) is 2.47. The third-order valence-electron chi connectivity index (χ3n) is 4.22. The third-order valence-corrected chi connectivity index (χ3v) is 4.22. The highest BCUT2D eigenvalue weighted by Gasteiger charge is 2.17. The topological polar surface area (TPSA) is 53.6 Å². The number of carbonyl (C=O) groups is 1. The summed E-state index contributed by atoms with van der Waals surface area (Å²) in [7, 11) is 0. The molecule has 2 aliphatic heterocycles. The van der Waals surface area contributed by atoms with Gasteiger partial charge in [0.05, 0.1) is 13.2 Å². The Labute approximate surface area is 122 Å². The molecule has 2 saturated heterocycles. The van der Waals surface area contributed by atoms with Crippen molar-refractivity contribution in [1.82, 2.24) is 15.5 Å². The Kier molecular flexibility index (Phi) is 6.76. The van der Waals surface area contributed by atoms with Crippen LogP contribution in [0.2, 0.25) is 0 Å². The molecule has 116 valence electrons. The molecule has 20 heavy (non-hydrogen) atoms. The molecule has 0 bridgehead atoms. The van der Waals surface area contributed by atoms with Crippen LogP contribution in [-0.4, -0.2) is 62.8 Å². The van der Waals surface area contributed by atoms with Crippen LogP contribution in [0.3, 0.4) is 0 Å². The van der Waals surface area contributed by atoms with E-state index in [1.165, 1.54) is 12.8 Å². The first-order valence-corrected chi connectivity index (χ1v) is 8.04. The minimum Gasteiger partial charge on any atom is -0.379 e. The second kappa shape index (κ2) is 8.60. The van der Waals surface area contributed by atoms with Gasteiger partial charge in [-0.3, -0.25) is 9.69 Å². The summed E-state index contributed by atoms with van der Waals surface area (Å²) < 4.78 is 5.33. The summed E-state index contributed by atoms with van der Waals surface area (Å²) in [6, 6.07) is 0.227. The summed E-state index contributed by atoms with van der Waals surface area (Å²) in [6.07, 6.45) is 4.20. The molecule has 1 amide bonds. The fraction of sp³-hybridized carbons (Fsp3) is 0.933. The van der Waals surface area contributed by atoms with Crippen molar-refractivity contribution in [3.05, 3.63) is 0 Å². The number of piperidine rings is 1. The molecular weight excluding hydrogens is 254 g/mol. The lowest BCUT2D eigenvalue weighted by Crippen LogP contribution is -2.46. The number of hydrogen-bond donors (Lipinski definition) is 2. The normalized spacial score (nSPS) is 26.1. The maximum absolute atomic E-state index is 12.0. The summed E-state index contributed by atoms with van der Waals surface area (Å²) in [4.78, 5) is 14.3. The number of carbonyl (C=O) groups excluding carboxylic acids is 1. The summed E-state index contributed by atoms with van der Waals surface area (Å²) >= 11 is 0. The quantitative estimate of drug-likeness (QED) is 0.750. The minimum atomic E-state index is 0.205. The van der Waals surface area contributed by atoms with Gasteiger partial charge in [0.25, 0.3) is 0 Å². The molecule has 2 fully saturated rings. The van der Waals surface area contributed by atoms with E-state index in [0.717, 1.165) is 52.4 Å². The van der Waals surface area contributed by atoms with E-state index in [0.29, 0.717) is 12.3 Å². The van der Waals surface area contributed by atoms with Gasteiger partial charge < -0.3 is 15.4 Å². The Morgan fingerprint density at radius 3 is 2.95 bits per heavy atom. The van der Waals surface area contributed by atoms with Crippen LogP contribution in [0.5, 0.6) is 0 Å². The molecule has 0 spiro atoms. The summed E-state index contributed by atoms with van der Waals surface area (Å²) in [6.45, 7) is 8.83. The van der Waals surface area contributed by atoms with Crippen LogP contribution in [0.15, 0.2) is 0 Å². The van der Waals surface area contributed by atoms with Crippen molar-refractivity contribution >= 4 is 5.91 Å². The van der Waals surface area contributed by atoms with E-state index >= 15 is 0 Å². The van der Waals surface area contributed by atoms with E-state index in [2.05, 4.69) is 22.5 Å². The van der Waals surface area contributed by atoms with Crippen molar-refractivity contribution in [2.45, 2.75) is 38.6 Å². The molecular formula is C15H29N3O2. The maximum atomic E-state index is 12.0. The van der Waals surface area contributed by atoms with Gasteiger partial charge in [-0.1, -0.05) is 0 Å². The van der Waals surface area contributed by atoms with Crippen LogP contribution in [0.25, 0.3) is 0 Å². The molecule has 0 aromatic carbocycles. The molecule has 0 saturated carbocycles. The van der Waals surface area contributed by atoms with Gasteiger partial charge in [-0.25, -0.2) is 0 Å². The standard InChI is InChI=1S/C15H29N3O2/c1-13(12-18-7-9-20-10-8-18)17-15(19)5-4-14-3-2-6-16-11-14/h13-14,16H,2-12H2,1H3,(H,17,19). The number of nitrogens with one attached hydrogen (secondary N) is 2. The van der Waals surface area contributed by atoms with E-state index in [1.54, 1.807) is 0 Å². The highest BCUT2D eigenvalue weighted by Crippen LogP contribution is 2.15. The Hall–Kier alpha value is -0.650. The molecule has 2 rings (SSSR count). The summed E-state index contributed by atoms with van der Waals surface area (Å²) in [5, 5.41) is 6.53. The Morgan fingerprint density at radius 1 is 1.45 bits per heavy atom. The lowest BCUT2D eigenvalue weighted by molar-refractivity contribution is -0.122. The van der Waals surface area contributed by atoms with Crippen LogP contribution in [0.1, 0.15) is 32.6 Å². The largest absolute Gasteiger partial charge is 0.379 e. The Bertz CT molecular complexity index is 287. The Morgan fingerprint density at radius 2 is 2.25 bits per heavy atom. The van der Waals surface area contributed by atoms with Crippen LogP contribution < -0.4 is 10.6 Å². The Balaban J connectivity index is 1.57. The smallest absolute Gasteiger partial charge is 0.220 e. The maximum Gasteiger partial charge on any atom is 0.220 e. The van der Waals surface area contributed by atoms with Crippen molar-refractivity contribution in [2.24, 2.45) is 5.92 Å². The van der Waals surface area contributed by atoms with Gasteiger partial charge >= 0.3 is 0 Å². The predicted molar refractivity (Wildman–Crippen MR) is 79.7 cm³/mol. The van der Waals surface area contributed by atoms with Gasteiger partial charge in [0.15, 0.2) is 0 Å². The van der Waals surface area contributed by atoms with Crippen LogP contribution in [0.4, 0.5) is 0 Å². The molecule has 2 atom stereocenters. The van der Waals surface area contributed by atoms with Crippen LogP contribution >= 0.6 is 0 Å². The van der Waals surface area contributed by atoms with E-state index < -0.39 is 0 Å². The zero-order chi connectivity index (χ0) is 14.2. The van der Waals surface area contributed by atoms with Gasteiger partial charge in [0.2, 0.25) is 5.91 Å². The van der Waals surface area contributed by atoms with E-state index in [1.807, 2.05) is 0 Å². The second-order valence-electron chi connectivity index (χ2n) is 6.13. The number of rotatable bonds is 6. The molecule has 0 aliphatic carbocycles. The number of hydrogen-bond acceptors (Lipinski definition) is 4. The van der Waals surface area contributed by atoms with E-state index in [4.69, 9.17) is 4.74 Å². The second-order valence-corrected chi connectivity index (χ2v) is 6.13. The zero-order valence-electron chi connectivity index (χ0n) is 12.7. The zero-order valence-corrected chi connectivity index (χ0v) is 12.7. The SMILES string of the molecule is CC(CN1CCOCC1)NC(=O)CCC1CCCNC1. The third kappa shape index (κ3) is 5.77. The van der Waals surface area contributed by atoms with E-state index in [-0.39, 0.29) is 11.9 Å². The number of ether oxygens (including phenoxy) is 1. The van der Waals surface area contributed by atoms with Gasteiger partial charge in [0.1, 0.15) is 0 Å². The number of amides is 1. The van der Waals surface area contributed by atoms with Crippen LogP contribution in [-0.2, 0) is 9.53 Å². The van der Waals surface area contributed by atoms with Crippen LogP contribution in [0, 0.1) is 5.92 Å². The predicted octanol–water partition coefficient (Wildman–Crippen LogP) is 0.603. The van der Waals surface area contributed by atoms with Crippen molar-refractivity contribution in [3.63, 3.8) is 0 Å². The van der Waals surface area contributed by atoms with Gasteiger partial charge in [-0.2, -0.15) is 0 Å². The van der Waals surface area contributed by atoms with Gasteiger partial charge in [0, 0.05) is 32.1 Å². The van der Waals surface area contributed by atoms with Gasteiger partial charge in [-0.15, -0.1) is 0 Å². The molecule has 2 aliphatic rings. The molecule has 0 radical (unpaired) electrons. The first-order chi connectivity index (χ1) is 9.74. The molecule has 2 N–H and O–H groups in total. The van der Waals surface area contributed by atoms with Gasteiger partial charge in [-0.05, 0) is 45.2 Å².